The molecule has 1 unspecified atom stereocenters. The Balaban J connectivity index is 1.75. The van der Waals surface area contributed by atoms with Crippen LogP contribution in [0.5, 0.6) is 0 Å². The Bertz CT molecular complexity index is 1040. The number of fused-ring (bicyclic) bond motifs is 5. The lowest BCUT2D eigenvalue weighted by Gasteiger charge is -2.62. The summed E-state index contributed by atoms with van der Waals surface area (Å²) in [5, 5.41) is 22.8. The number of aliphatic hydroxyl groups is 2. The van der Waals surface area contributed by atoms with Crippen molar-refractivity contribution in [3.63, 3.8) is 0 Å². The van der Waals surface area contributed by atoms with Crippen molar-refractivity contribution in [3.05, 3.63) is 23.8 Å². The molecule has 178 valence electrons. The van der Waals surface area contributed by atoms with Gasteiger partial charge in [-0.2, -0.15) is 8.42 Å². The number of aliphatic hydroxyl groups excluding tert-OH is 1. The number of Topliss-reactive ketones (excluding diaryl/α,β-unsaturated/α-hetero) is 1. The van der Waals surface area contributed by atoms with Crippen LogP contribution < -0.4 is 0 Å². The monoisotopic (exact) mass is 472 g/mol. The summed E-state index contributed by atoms with van der Waals surface area (Å²) in [7, 11) is -4.89. The van der Waals surface area contributed by atoms with E-state index in [1.807, 2.05) is 0 Å². The van der Waals surface area contributed by atoms with Crippen LogP contribution in [0.25, 0.3) is 0 Å². The average molecular weight is 473 g/mol. The summed E-state index contributed by atoms with van der Waals surface area (Å²) in [6, 6.07) is 0. The molecule has 4 aliphatic rings. The fourth-order valence-corrected chi connectivity index (χ4v) is 7.63. The van der Waals surface area contributed by atoms with Crippen molar-refractivity contribution < 1.29 is 41.3 Å². The third kappa shape index (κ3) is 2.89. The minimum atomic E-state index is -4.89. The normalized spacial score (nSPS) is 48.0. The third-order valence-corrected chi connectivity index (χ3v) is 9.40. The first-order valence-electron chi connectivity index (χ1n) is 10.8. The Hall–Kier alpha value is -1.46. The first-order valence-corrected chi connectivity index (χ1v) is 12.2. The van der Waals surface area contributed by atoms with Crippen LogP contribution >= 0.6 is 0 Å². The molecule has 4 aliphatic carbocycles. The van der Waals surface area contributed by atoms with Gasteiger partial charge in [0.2, 0.25) is 0 Å². The topological polar surface area (TPSA) is 138 Å². The molecule has 3 fully saturated rings. The van der Waals surface area contributed by atoms with Crippen molar-refractivity contribution in [3.8, 4) is 0 Å². The summed E-state index contributed by atoms with van der Waals surface area (Å²) >= 11 is 0. The molecule has 0 aromatic heterocycles. The maximum absolute atomic E-state index is 17.0. The lowest BCUT2D eigenvalue weighted by molar-refractivity contribution is -0.219. The van der Waals surface area contributed by atoms with E-state index in [-0.39, 0.29) is 12.2 Å². The number of allylic oxidation sites excluding steroid dienone is 4. The number of hydrogen-bond acceptors (Lipinski definition) is 7. The maximum atomic E-state index is 17.0. The van der Waals surface area contributed by atoms with Crippen LogP contribution in [0, 0.1) is 28.6 Å². The molecule has 0 bridgehead atoms. The lowest BCUT2D eigenvalue weighted by atomic mass is 9.44. The molecule has 0 aromatic carbocycles. The van der Waals surface area contributed by atoms with Crippen LogP contribution in [0.1, 0.15) is 46.5 Å². The Kier molecular flexibility index (Phi) is 5.20. The number of halogens is 1. The Morgan fingerprint density at radius 1 is 1.31 bits per heavy atom. The van der Waals surface area contributed by atoms with Crippen LogP contribution in [-0.4, -0.2) is 58.7 Å². The molecule has 0 aromatic rings. The highest BCUT2D eigenvalue weighted by atomic mass is 32.3. The molecular formula is C22H29FO8S. The first kappa shape index (κ1) is 23.7. The predicted molar refractivity (Wildman–Crippen MR) is 110 cm³/mol. The molecule has 10 heteroatoms. The minimum absolute atomic E-state index is 0.219. The molecule has 32 heavy (non-hydrogen) atoms. The zero-order chi connectivity index (χ0) is 23.9. The summed E-state index contributed by atoms with van der Waals surface area (Å²) in [6.07, 6.45) is 3.60. The van der Waals surface area contributed by atoms with E-state index in [1.54, 1.807) is 20.8 Å². The standard InChI is InChI=1S/C22H29FO8S/c1-12-8-16-15-5-4-13-9-14(24)6-7-19(13,2)21(15,23)17(25)10-20(16,3)22(12,27)18(26)11-31-32(28,29)30/h6-7,9,12,15-17,25,27H,4-5,8,10-11H2,1-3H3,(H,28,29,30)/t12-,15+,16+,17+,19+,20+,21?,22+/m1/s1. The van der Waals surface area contributed by atoms with Crippen LogP contribution in [0.2, 0.25) is 0 Å². The first-order chi connectivity index (χ1) is 14.6. The quantitative estimate of drug-likeness (QED) is 0.526. The van der Waals surface area contributed by atoms with E-state index < -0.39 is 68.7 Å². The molecule has 0 spiro atoms. The van der Waals surface area contributed by atoms with Crippen LogP contribution in [0.15, 0.2) is 23.8 Å². The molecule has 8 nitrogen and oxygen atoms in total. The number of alkyl halides is 1. The minimum Gasteiger partial charge on any atom is -0.390 e. The number of carbonyl (C=O) groups excluding carboxylic acids is 2. The number of hydrogen-bond donors (Lipinski definition) is 3. The van der Waals surface area contributed by atoms with Gasteiger partial charge in [-0.25, -0.2) is 8.57 Å². The van der Waals surface area contributed by atoms with Gasteiger partial charge in [-0.3, -0.25) is 14.1 Å². The highest BCUT2D eigenvalue weighted by Crippen LogP contribution is 2.70. The Morgan fingerprint density at radius 3 is 2.59 bits per heavy atom. The molecule has 0 saturated heterocycles. The third-order valence-electron chi connectivity index (χ3n) is 8.99. The summed E-state index contributed by atoms with van der Waals surface area (Å²) in [6.45, 7) is 3.88. The van der Waals surface area contributed by atoms with Crippen molar-refractivity contribution in [2.75, 3.05) is 6.61 Å². The number of rotatable bonds is 4. The van der Waals surface area contributed by atoms with E-state index >= 15 is 4.39 Å². The van der Waals surface area contributed by atoms with Crippen molar-refractivity contribution in [2.24, 2.45) is 28.6 Å². The van der Waals surface area contributed by atoms with E-state index in [0.717, 1.165) is 0 Å². The number of carbonyl (C=O) groups is 2. The zero-order valence-corrected chi connectivity index (χ0v) is 19.1. The van der Waals surface area contributed by atoms with Gasteiger partial charge in [-0.15, -0.1) is 0 Å². The largest absolute Gasteiger partial charge is 0.397 e. The Morgan fingerprint density at radius 2 is 1.97 bits per heavy atom. The summed E-state index contributed by atoms with van der Waals surface area (Å²) in [5.74, 6) is -2.98. The van der Waals surface area contributed by atoms with Gasteiger partial charge in [-0.05, 0) is 56.6 Å². The zero-order valence-electron chi connectivity index (χ0n) is 18.2. The second kappa shape index (κ2) is 7.02. The van der Waals surface area contributed by atoms with Gasteiger partial charge in [0, 0.05) is 16.7 Å². The number of ketones is 2. The summed E-state index contributed by atoms with van der Waals surface area (Å²) in [5.41, 5.74) is -5.97. The van der Waals surface area contributed by atoms with Crippen molar-refractivity contribution >= 4 is 22.0 Å². The van der Waals surface area contributed by atoms with Crippen molar-refractivity contribution in [1.29, 1.82) is 0 Å². The van der Waals surface area contributed by atoms with E-state index in [1.165, 1.54) is 18.2 Å². The molecule has 0 radical (unpaired) electrons. The van der Waals surface area contributed by atoms with E-state index in [9.17, 15) is 28.2 Å². The van der Waals surface area contributed by atoms with Gasteiger partial charge in [-0.1, -0.05) is 25.5 Å². The fraction of sp³-hybridized carbons (Fsp3) is 0.727. The second-order valence-electron chi connectivity index (χ2n) is 10.3. The van der Waals surface area contributed by atoms with Gasteiger partial charge in [0.25, 0.3) is 0 Å². The molecule has 4 rings (SSSR count). The molecular weight excluding hydrogens is 443 g/mol. The van der Waals surface area contributed by atoms with E-state index in [0.29, 0.717) is 24.8 Å². The van der Waals surface area contributed by atoms with Crippen LogP contribution in [0.3, 0.4) is 0 Å². The summed E-state index contributed by atoms with van der Waals surface area (Å²) < 4.78 is 51.9. The molecule has 0 heterocycles. The molecule has 8 atom stereocenters. The van der Waals surface area contributed by atoms with E-state index in [2.05, 4.69) is 4.18 Å². The van der Waals surface area contributed by atoms with Crippen molar-refractivity contribution in [1.82, 2.24) is 0 Å². The van der Waals surface area contributed by atoms with Gasteiger partial charge in [0.05, 0.1) is 6.10 Å². The Labute approximate surface area is 186 Å². The SMILES string of the molecule is C[C@@H]1C[C@H]2[C@@H]3CCC4=CC(=O)C=C[C@]4(C)C3(F)[C@@H](O)C[C@]2(C)[C@@]1(O)C(=O)COS(=O)(=O)O. The molecule has 0 amide bonds. The lowest BCUT2D eigenvalue weighted by Crippen LogP contribution is -2.69. The molecule has 0 aliphatic heterocycles. The highest BCUT2D eigenvalue weighted by molar-refractivity contribution is 7.80. The van der Waals surface area contributed by atoms with Gasteiger partial charge in [0.15, 0.2) is 17.2 Å². The fourth-order valence-electron chi connectivity index (χ4n) is 7.38. The van der Waals surface area contributed by atoms with Crippen molar-refractivity contribution in [2.45, 2.75) is 63.8 Å². The maximum Gasteiger partial charge on any atom is 0.397 e. The van der Waals surface area contributed by atoms with E-state index in [4.69, 9.17) is 4.55 Å². The van der Waals surface area contributed by atoms with Gasteiger partial charge < -0.3 is 10.2 Å². The average Bonchev–Trinajstić information content (AvgIpc) is 2.89. The predicted octanol–water partition coefficient (Wildman–Crippen LogP) is 1.72. The smallest absolute Gasteiger partial charge is 0.390 e. The van der Waals surface area contributed by atoms with Crippen LogP contribution in [-0.2, 0) is 24.2 Å². The van der Waals surface area contributed by atoms with Gasteiger partial charge in [0.1, 0.15) is 12.2 Å². The van der Waals surface area contributed by atoms with Gasteiger partial charge >= 0.3 is 10.4 Å². The highest BCUT2D eigenvalue weighted by Gasteiger charge is 2.75. The second-order valence-corrected chi connectivity index (χ2v) is 11.4. The van der Waals surface area contributed by atoms with Crippen LogP contribution in [0.4, 0.5) is 4.39 Å². The molecule has 3 N–H and O–H groups in total. The summed E-state index contributed by atoms with van der Waals surface area (Å²) in [4.78, 5) is 24.9. The molecule has 3 saturated carbocycles.